The van der Waals surface area contributed by atoms with Gasteiger partial charge in [0.05, 0.1) is 54.2 Å². The number of halogens is 1. The molecule has 11 heteroatoms. The highest BCUT2D eigenvalue weighted by atomic mass is 35.5. The minimum Gasteiger partial charge on any atom is -0.380 e. The van der Waals surface area contributed by atoms with E-state index in [2.05, 4.69) is 20.2 Å². The lowest BCUT2D eigenvalue weighted by atomic mass is 9.97. The van der Waals surface area contributed by atoms with E-state index in [9.17, 15) is 9.59 Å². The van der Waals surface area contributed by atoms with Gasteiger partial charge in [-0.05, 0) is 11.6 Å². The van der Waals surface area contributed by atoms with E-state index in [4.69, 9.17) is 21.6 Å². The lowest BCUT2D eigenvalue weighted by molar-refractivity contribution is -0.132. The normalized spacial score (nSPS) is 14.7. The molecule has 34 heavy (non-hydrogen) atoms. The minimum atomic E-state index is -0.325. The molecule has 1 amide bonds. The van der Waals surface area contributed by atoms with Crippen LogP contribution in [0, 0.1) is 11.3 Å². The largest absolute Gasteiger partial charge is 0.380 e. The van der Waals surface area contributed by atoms with Crippen LogP contribution in [0.4, 0.5) is 5.95 Å². The fraction of sp³-hybridized carbons (Fsp3) is 0.391. The Hall–Kier alpha value is -3.55. The molecule has 1 aliphatic rings. The standard InChI is InChI=1S/C23H24ClN7O3/c1-15(17-2-3-19(24)21-18(17)13-28-29-22(21)33)14-34-9-4-20(32)30-5-7-31(8-6-30)23-26-11-16(10-25)12-27-23/h2-3,11-13,15H,4-9,14H2,1H3,(H,29,33). The Kier molecular flexibility index (Phi) is 7.35. The van der Waals surface area contributed by atoms with Crippen LogP contribution in [0.3, 0.4) is 0 Å². The van der Waals surface area contributed by atoms with Crippen molar-refractivity contribution in [2.45, 2.75) is 19.3 Å². The minimum absolute atomic E-state index is 0.00515. The zero-order valence-electron chi connectivity index (χ0n) is 18.7. The lowest BCUT2D eigenvalue weighted by Crippen LogP contribution is -2.49. The third-order valence-corrected chi connectivity index (χ3v) is 6.17. The molecule has 10 nitrogen and oxygen atoms in total. The van der Waals surface area contributed by atoms with E-state index in [1.54, 1.807) is 12.3 Å². The third kappa shape index (κ3) is 5.16. The molecule has 0 saturated carbocycles. The first-order valence-electron chi connectivity index (χ1n) is 11.0. The number of benzene rings is 1. The summed E-state index contributed by atoms with van der Waals surface area (Å²) in [6, 6.07) is 5.58. The number of carbonyl (C=O) groups is 1. The molecule has 1 saturated heterocycles. The van der Waals surface area contributed by atoms with Crippen LogP contribution in [-0.4, -0.2) is 70.4 Å². The second-order valence-corrected chi connectivity index (χ2v) is 8.51. The first kappa shape index (κ1) is 23.6. The summed E-state index contributed by atoms with van der Waals surface area (Å²) in [7, 11) is 0. The molecule has 176 valence electrons. The van der Waals surface area contributed by atoms with Gasteiger partial charge in [-0.3, -0.25) is 9.59 Å². The quantitative estimate of drug-likeness (QED) is 0.508. The number of H-pyrrole nitrogens is 1. The number of fused-ring (bicyclic) bond motifs is 1. The van der Waals surface area contributed by atoms with Gasteiger partial charge in [-0.2, -0.15) is 10.4 Å². The van der Waals surface area contributed by atoms with Crippen molar-refractivity contribution in [1.29, 1.82) is 5.26 Å². The highest BCUT2D eigenvalue weighted by Gasteiger charge is 2.22. The lowest BCUT2D eigenvalue weighted by Gasteiger charge is -2.34. The van der Waals surface area contributed by atoms with E-state index < -0.39 is 0 Å². The van der Waals surface area contributed by atoms with E-state index in [-0.39, 0.29) is 17.4 Å². The first-order chi connectivity index (χ1) is 16.5. The van der Waals surface area contributed by atoms with Crippen molar-refractivity contribution in [1.82, 2.24) is 25.1 Å². The van der Waals surface area contributed by atoms with Crippen LogP contribution in [0.25, 0.3) is 10.8 Å². The fourth-order valence-electron chi connectivity index (χ4n) is 3.99. The molecule has 0 bridgehead atoms. The molecular weight excluding hydrogens is 458 g/mol. The van der Waals surface area contributed by atoms with Crippen molar-refractivity contribution in [2.75, 3.05) is 44.3 Å². The zero-order chi connectivity index (χ0) is 24.1. The number of nitrogens with zero attached hydrogens (tertiary/aromatic N) is 6. The van der Waals surface area contributed by atoms with Crippen LogP contribution in [0.2, 0.25) is 5.02 Å². The van der Waals surface area contributed by atoms with E-state index >= 15 is 0 Å². The highest BCUT2D eigenvalue weighted by molar-refractivity contribution is 6.35. The molecule has 3 heterocycles. The SMILES string of the molecule is CC(COCCC(=O)N1CCN(c2ncc(C#N)cn2)CC1)c1ccc(Cl)c2c(=O)[nH]ncc12. The van der Waals surface area contributed by atoms with Crippen molar-refractivity contribution >= 4 is 34.2 Å². The van der Waals surface area contributed by atoms with Gasteiger partial charge in [0.15, 0.2) is 0 Å². The smallest absolute Gasteiger partial charge is 0.273 e. The number of aromatic nitrogens is 4. The molecule has 0 spiro atoms. The highest BCUT2D eigenvalue weighted by Crippen LogP contribution is 2.28. The van der Waals surface area contributed by atoms with Gasteiger partial charge < -0.3 is 14.5 Å². The number of hydrogen-bond donors (Lipinski definition) is 1. The molecule has 1 aliphatic heterocycles. The average molecular weight is 482 g/mol. The number of rotatable bonds is 7. The maximum absolute atomic E-state index is 12.6. The summed E-state index contributed by atoms with van der Waals surface area (Å²) in [6.07, 6.45) is 4.89. The number of amides is 1. The first-order valence-corrected chi connectivity index (χ1v) is 11.3. The number of ether oxygens (including phenoxy) is 1. The summed E-state index contributed by atoms with van der Waals surface area (Å²) >= 11 is 6.19. The third-order valence-electron chi connectivity index (χ3n) is 5.86. The van der Waals surface area contributed by atoms with Gasteiger partial charge in [-0.1, -0.05) is 24.6 Å². The molecule has 1 unspecified atom stereocenters. The van der Waals surface area contributed by atoms with Crippen molar-refractivity contribution in [3.05, 3.63) is 57.2 Å². The summed E-state index contributed by atoms with van der Waals surface area (Å²) in [5.41, 5.74) is 1.01. The topological polar surface area (TPSA) is 128 Å². The molecular formula is C23H24ClN7O3. The molecule has 0 radical (unpaired) electrons. The Morgan fingerprint density at radius 1 is 1.24 bits per heavy atom. The summed E-state index contributed by atoms with van der Waals surface area (Å²) in [4.78, 5) is 36.9. The maximum atomic E-state index is 12.6. The van der Waals surface area contributed by atoms with E-state index in [0.29, 0.717) is 73.1 Å². The van der Waals surface area contributed by atoms with Crippen LogP contribution in [0.5, 0.6) is 0 Å². The van der Waals surface area contributed by atoms with E-state index in [1.807, 2.05) is 28.9 Å². The molecule has 3 aromatic rings. The molecule has 1 atom stereocenters. The van der Waals surface area contributed by atoms with E-state index in [0.717, 1.165) is 5.56 Å². The Labute approximate surface area is 201 Å². The molecule has 1 fully saturated rings. The van der Waals surface area contributed by atoms with Gasteiger partial charge in [0.2, 0.25) is 11.9 Å². The van der Waals surface area contributed by atoms with Gasteiger partial charge >= 0.3 is 0 Å². The number of aromatic amines is 1. The molecule has 1 aromatic carbocycles. The van der Waals surface area contributed by atoms with Crippen LogP contribution >= 0.6 is 11.6 Å². The van der Waals surface area contributed by atoms with Crippen molar-refractivity contribution in [3.63, 3.8) is 0 Å². The number of nitriles is 1. The van der Waals surface area contributed by atoms with E-state index in [1.165, 1.54) is 12.4 Å². The summed E-state index contributed by atoms with van der Waals surface area (Å²) in [5.74, 6) is 0.602. The van der Waals surface area contributed by atoms with Gasteiger partial charge in [0.1, 0.15) is 6.07 Å². The maximum Gasteiger partial charge on any atom is 0.273 e. The van der Waals surface area contributed by atoms with Crippen LogP contribution < -0.4 is 10.5 Å². The van der Waals surface area contributed by atoms with Gasteiger partial charge in [-0.15, -0.1) is 0 Å². The van der Waals surface area contributed by atoms with Crippen LogP contribution in [-0.2, 0) is 9.53 Å². The fourth-order valence-corrected chi connectivity index (χ4v) is 4.24. The number of nitrogens with one attached hydrogen (secondary N) is 1. The Morgan fingerprint density at radius 3 is 2.68 bits per heavy atom. The summed E-state index contributed by atoms with van der Waals surface area (Å²) < 4.78 is 5.79. The van der Waals surface area contributed by atoms with Crippen molar-refractivity contribution < 1.29 is 9.53 Å². The summed E-state index contributed by atoms with van der Waals surface area (Å²) in [6.45, 7) is 5.13. The Balaban J connectivity index is 1.24. The average Bonchev–Trinajstić information content (AvgIpc) is 2.87. The second-order valence-electron chi connectivity index (χ2n) is 8.10. The van der Waals surface area contributed by atoms with Gasteiger partial charge in [0.25, 0.3) is 5.56 Å². The number of anilines is 1. The molecule has 4 rings (SSSR count). The zero-order valence-corrected chi connectivity index (χ0v) is 19.5. The predicted molar refractivity (Wildman–Crippen MR) is 127 cm³/mol. The molecule has 1 N–H and O–H groups in total. The van der Waals surface area contributed by atoms with Crippen molar-refractivity contribution in [3.8, 4) is 6.07 Å². The number of hydrogen-bond acceptors (Lipinski definition) is 8. The molecule has 0 aliphatic carbocycles. The number of piperazine rings is 1. The van der Waals surface area contributed by atoms with Gasteiger partial charge in [-0.25, -0.2) is 15.1 Å². The molecule has 2 aromatic heterocycles. The Bertz CT molecular complexity index is 1260. The summed E-state index contributed by atoms with van der Waals surface area (Å²) in [5, 5.41) is 16.7. The van der Waals surface area contributed by atoms with Crippen LogP contribution in [0.15, 0.2) is 35.5 Å². The predicted octanol–water partition coefficient (Wildman–Crippen LogP) is 2.10. The van der Waals surface area contributed by atoms with Crippen molar-refractivity contribution in [2.24, 2.45) is 0 Å². The number of carbonyl (C=O) groups excluding carboxylic acids is 1. The Morgan fingerprint density at radius 2 is 1.97 bits per heavy atom. The van der Waals surface area contributed by atoms with Crippen LogP contribution in [0.1, 0.15) is 30.4 Å². The monoisotopic (exact) mass is 481 g/mol. The van der Waals surface area contributed by atoms with Gasteiger partial charge in [0, 0.05) is 37.5 Å². The second kappa shape index (κ2) is 10.6.